The Hall–Kier alpha value is -0.760. The molecule has 0 aliphatic carbocycles. The van der Waals surface area contributed by atoms with Crippen LogP contribution in [0.1, 0.15) is 6.42 Å². The highest BCUT2D eigenvalue weighted by Gasteiger charge is 2.45. The zero-order valence-corrected chi connectivity index (χ0v) is 7.76. The lowest BCUT2D eigenvalue weighted by molar-refractivity contribution is -0.259. The number of hydrogen-bond acceptors (Lipinski definition) is 4. The van der Waals surface area contributed by atoms with Crippen LogP contribution in [-0.4, -0.2) is 43.2 Å². The summed E-state index contributed by atoms with van der Waals surface area (Å²) in [4.78, 5) is 9.95. The van der Waals surface area contributed by atoms with Crippen molar-refractivity contribution in [1.82, 2.24) is 0 Å². The number of carboxylic acid groups (broad SMARTS) is 1. The van der Waals surface area contributed by atoms with Gasteiger partial charge in [-0.2, -0.15) is 8.78 Å². The summed E-state index contributed by atoms with van der Waals surface area (Å²) in [5.41, 5.74) is 0. The summed E-state index contributed by atoms with van der Waals surface area (Å²) in [6, 6.07) is 0. The van der Waals surface area contributed by atoms with E-state index in [-0.39, 0.29) is 12.2 Å². The van der Waals surface area contributed by atoms with Crippen LogP contribution in [0.15, 0.2) is 0 Å². The molecule has 0 aromatic rings. The minimum absolute atomic E-state index is 0.0921. The molecule has 1 N–H and O–H groups in total. The van der Waals surface area contributed by atoms with Crippen LogP contribution in [0.5, 0.6) is 0 Å². The monoisotopic (exact) mass is 230 g/mol. The topological polar surface area (TPSA) is 80.7 Å². The van der Waals surface area contributed by atoms with Crippen LogP contribution in [0.25, 0.3) is 0 Å². The van der Waals surface area contributed by atoms with Crippen molar-refractivity contribution in [3.8, 4) is 0 Å². The minimum Gasteiger partial charge on any atom is -0.475 e. The van der Waals surface area contributed by atoms with Gasteiger partial charge in [0, 0.05) is 0 Å². The molecule has 0 bridgehead atoms. The molecular formula is C6H8F2O5S. The molecular weight excluding hydrogens is 222 g/mol. The first-order chi connectivity index (χ1) is 6.23. The zero-order valence-electron chi connectivity index (χ0n) is 6.94. The molecule has 1 unspecified atom stereocenters. The first kappa shape index (κ1) is 11.3. The van der Waals surface area contributed by atoms with Crippen LogP contribution in [-0.2, 0) is 19.4 Å². The molecule has 0 amide bonds. The summed E-state index contributed by atoms with van der Waals surface area (Å²) in [6.07, 6.45) is -5.64. The maximum Gasteiger partial charge on any atom is 0.456 e. The van der Waals surface area contributed by atoms with E-state index in [0.29, 0.717) is 0 Å². The molecule has 0 aromatic carbocycles. The molecule has 5 nitrogen and oxygen atoms in total. The highest BCUT2D eigenvalue weighted by Crippen LogP contribution is 2.24. The van der Waals surface area contributed by atoms with Gasteiger partial charge in [0.2, 0.25) is 0 Å². The number of carboxylic acids is 1. The fourth-order valence-corrected chi connectivity index (χ4v) is 2.70. The van der Waals surface area contributed by atoms with E-state index < -0.39 is 33.8 Å². The van der Waals surface area contributed by atoms with E-state index in [9.17, 15) is 22.0 Å². The Morgan fingerprint density at radius 3 is 2.43 bits per heavy atom. The average Bonchev–Trinajstić information content (AvgIpc) is 2.28. The maximum atomic E-state index is 12.4. The molecule has 1 heterocycles. The summed E-state index contributed by atoms with van der Waals surface area (Å²) in [5.74, 6) is -3.20. The molecule has 0 spiro atoms. The van der Waals surface area contributed by atoms with Crippen molar-refractivity contribution in [2.45, 2.75) is 18.6 Å². The van der Waals surface area contributed by atoms with E-state index in [1.807, 2.05) is 0 Å². The van der Waals surface area contributed by atoms with Crippen LogP contribution in [0.2, 0.25) is 0 Å². The molecule has 1 rings (SSSR count). The Morgan fingerprint density at radius 1 is 1.50 bits per heavy atom. The molecule has 14 heavy (non-hydrogen) atoms. The van der Waals surface area contributed by atoms with E-state index in [4.69, 9.17) is 5.11 Å². The molecule has 82 valence electrons. The van der Waals surface area contributed by atoms with Crippen molar-refractivity contribution in [2.24, 2.45) is 0 Å². The number of sulfone groups is 1. The first-order valence-corrected chi connectivity index (χ1v) is 5.54. The number of rotatable bonds is 3. The van der Waals surface area contributed by atoms with E-state index in [2.05, 4.69) is 4.74 Å². The molecule has 1 saturated heterocycles. The smallest absolute Gasteiger partial charge is 0.456 e. The van der Waals surface area contributed by atoms with Crippen LogP contribution in [0.3, 0.4) is 0 Å². The predicted molar refractivity (Wildman–Crippen MR) is 40.7 cm³/mol. The third kappa shape index (κ3) is 2.61. The van der Waals surface area contributed by atoms with E-state index in [1.54, 1.807) is 0 Å². The SMILES string of the molecule is O=C(O)C(F)(F)OC1CCS(=O)(=O)C1. The third-order valence-electron chi connectivity index (χ3n) is 1.75. The number of alkyl halides is 2. The first-order valence-electron chi connectivity index (χ1n) is 3.72. The maximum absolute atomic E-state index is 12.4. The highest BCUT2D eigenvalue weighted by atomic mass is 32.2. The molecule has 1 aliphatic rings. The number of aliphatic carboxylic acids is 1. The second-order valence-corrected chi connectivity index (χ2v) is 5.19. The number of halogens is 2. The van der Waals surface area contributed by atoms with Gasteiger partial charge in [0.25, 0.3) is 0 Å². The Bertz CT molecular complexity index is 336. The van der Waals surface area contributed by atoms with Crippen molar-refractivity contribution in [1.29, 1.82) is 0 Å². The largest absolute Gasteiger partial charge is 0.475 e. The van der Waals surface area contributed by atoms with Gasteiger partial charge in [-0.1, -0.05) is 0 Å². The number of ether oxygens (including phenoxy) is 1. The van der Waals surface area contributed by atoms with Gasteiger partial charge in [0.1, 0.15) is 0 Å². The van der Waals surface area contributed by atoms with Crippen molar-refractivity contribution in [3.05, 3.63) is 0 Å². The average molecular weight is 230 g/mol. The van der Waals surface area contributed by atoms with Gasteiger partial charge >= 0.3 is 12.1 Å². The van der Waals surface area contributed by atoms with Crippen molar-refractivity contribution >= 4 is 15.8 Å². The van der Waals surface area contributed by atoms with Gasteiger partial charge in [0.15, 0.2) is 9.84 Å². The number of hydrogen-bond donors (Lipinski definition) is 1. The Balaban J connectivity index is 2.60. The second-order valence-electron chi connectivity index (χ2n) is 2.96. The Morgan fingerprint density at radius 2 is 2.07 bits per heavy atom. The zero-order chi connectivity index (χ0) is 11.0. The molecule has 1 fully saturated rings. The van der Waals surface area contributed by atoms with Crippen LogP contribution >= 0.6 is 0 Å². The minimum atomic E-state index is -4.31. The molecule has 0 aromatic heterocycles. The van der Waals surface area contributed by atoms with E-state index in [1.165, 1.54) is 0 Å². The lowest BCUT2D eigenvalue weighted by Crippen LogP contribution is -2.36. The molecule has 1 aliphatic heterocycles. The lowest BCUT2D eigenvalue weighted by Gasteiger charge is -2.15. The lowest BCUT2D eigenvalue weighted by atomic mass is 10.3. The molecule has 0 radical (unpaired) electrons. The van der Waals surface area contributed by atoms with E-state index >= 15 is 0 Å². The van der Waals surface area contributed by atoms with Crippen molar-refractivity contribution in [3.63, 3.8) is 0 Å². The Kier molecular flexibility index (Phi) is 2.77. The molecule has 1 atom stereocenters. The van der Waals surface area contributed by atoms with Crippen molar-refractivity contribution in [2.75, 3.05) is 11.5 Å². The summed E-state index contributed by atoms with van der Waals surface area (Å²) < 4.78 is 50.4. The van der Waals surface area contributed by atoms with Gasteiger partial charge in [0.05, 0.1) is 17.6 Å². The van der Waals surface area contributed by atoms with Gasteiger partial charge in [-0.05, 0) is 6.42 Å². The van der Waals surface area contributed by atoms with Crippen molar-refractivity contribution < 1.29 is 31.8 Å². The Labute approximate surface area is 78.6 Å². The standard InChI is InChI=1S/C6H8F2O5S/c7-6(8,5(9)10)13-4-1-2-14(11,12)3-4/h4H,1-3H2,(H,9,10). The van der Waals surface area contributed by atoms with Gasteiger partial charge < -0.3 is 9.84 Å². The fourth-order valence-electron chi connectivity index (χ4n) is 1.11. The molecule has 0 saturated carbocycles. The van der Waals surface area contributed by atoms with E-state index in [0.717, 1.165) is 0 Å². The normalized spacial score (nSPS) is 26.3. The second kappa shape index (κ2) is 3.43. The summed E-state index contributed by atoms with van der Waals surface area (Å²) in [6.45, 7) is 0. The molecule has 8 heteroatoms. The van der Waals surface area contributed by atoms with Gasteiger partial charge in [-0.25, -0.2) is 13.2 Å². The fraction of sp³-hybridized carbons (Fsp3) is 0.833. The summed E-state index contributed by atoms with van der Waals surface area (Å²) >= 11 is 0. The predicted octanol–water partition coefficient (Wildman–Crippen LogP) is -0.133. The van der Waals surface area contributed by atoms with Crippen LogP contribution in [0, 0.1) is 0 Å². The van der Waals surface area contributed by atoms with Crippen LogP contribution in [0.4, 0.5) is 8.78 Å². The van der Waals surface area contributed by atoms with Gasteiger partial charge in [-0.3, -0.25) is 0 Å². The summed E-state index contributed by atoms with van der Waals surface area (Å²) in [7, 11) is -3.34. The number of carbonyl (C=O) groups is 1. The quantitative estimate of drug-likeness (QED) is 0.730. The summed E-state index contributed by atoms with van der Waals surface area (Å²) in [5, 5.41) is 8.01. The third-order valence-corrected chi connectivity index (χ3v) is 3.49. The van der Waals surface area contributed by atoms with Crippen LogP contribution < -0.4 is 0 Å². The van der Waals surface area contributed by atoms with Gasteiger partial charge in [-0.15, -0.1) is 0 Å². The highest BCUT2D eigenvalue weighted by molar-refractivity contribution is 7.91.